The number of hydrogen-bond acceptors (Lipinski definition) is 4. The summed E-state index contributed by atoms with van der Waals surface area (Å²) < 4.78 is 5.77. The molecule has 1 heterocycles. The van der Waals surface area contributed by atoms with E-state index in [-0.39, 0.29) is 12.0 Å². The van der Waals surface area contributed by atoms with Gasteiger partial charge in [0.25, 0.3) is 5.91 Å². The molecular formula is C24H24N4O2. The molecule has 0 saturated heterocycles. The van der Waals surface area contributed by atoms with Gasteiger partial charge in [0.1, 0.15) is 16.8 Å². The summed E-state index contributed by atoms with van der Waals surface area (Å²) in [6.45, 7) is 6.04. The second-order valence-corrected chi connectivity index (χ2v) is 7.30. The van der Waals surface area contributed by atoms with Crippen molar-refractivity contribution in [2.45, 2.75) is 33.3 Å². The lowest BCUT2D eigenvalue weighted by Gasteiger charge is -2.13. The Hall–Kier alpha value is -3.67. The highest BCUT2D eigenvalue weighted by Gasteiger charge is 2.12. The van der Waals surface area contributed by atoms with E-state index < -0.39 is 0 Å². The number of nitrogens with zero attached hydrogens (tertiary/aromatic N) is 3. The van der Waals surface area contributed by atoms with Gasteiger partial charge in [0.05, 0.1) is 11.8 Å². The molecule has 0 aliphatic carbocycles. The van der Waals surface area contributed by atoms with E-state index in [1.165, 1.54) is 0 Å². The van der Waals surface area contributed by atoms with Crippen LogP contribution in [0.4, 0.5) is 5.69 Å². The summed E-state index contributed by atoms with van der Waals surface area (Å²) in [5.74, 6) is 0.582. The lowest BCUT2D eigenvalue weighted by molar-refractivity contribution is 0.102. The molecule has 0 aliphatic rings. The fourth-order valence-electron chi connectivity index (χ4n) is 3.07. The minimum atomic E-state index is -0.178. The third-order valence-corrected chi connectivity index (χ3v) is 4.99. The Bertz CT molecular complexity index is 1170. The molecule has 0 radical (unpaired) electrons. The summed E-state index contributed by atoms with van der Waals surface area (Å²) in [7, 11) is 0. The normalized spacial score (nSPS) is 12.0. The standard InChI is InChI=1S/C24H24N4O2/c1-4-17(3)30-20-12-10-18(11-13-20)24(29)25-21-15-23-22(14-16(21)2)26-28(27-23)19-8-6-5-7-9-19/h5-15,17H,4H2,1-3H3,(H,25,29)/t17-/m0/s1. The Kier molecular flexibility index (Phi) is 5.48. The van der Waals surface area contributed by atoms with Gasteiger partial charge in [0, 0.05) is 11.3 Å². The molecule has 0 unspecified atom stereocenters. The molecule has 0 saturated carbocycles. The molecule has 3 aromatic carbocycles. The number of carbonyl (C=O) groups excluding carboxylic acids is 1. The molecule has 0 aliphatic heterocycles. The molecule has 6 nitrogen and oxygen atoms in total. The van der Waals surface area contributed by atoms with Crippen LogP contribution in [0.15, 0.2) is 66.7 Å². The molecule has 4 aromatic rings. The predicted molar refractivity (Wildman–Crippen MR) is 118 cm³/mol. The van der Waals surface area contributed by atoms with Crippen LogP contribution in [0.2, 0.25) is 0 Å². The van der Waals surface area contributed by atoms with Gasteiger partial charge < -0.3 is 10.1 Å². The van der Waals surface area contributed by atoms with Crippen molar-refractivity contribution in [1.82, 2.24) is 15.0 Å². The Labute approximate surface area is 175 Å². The van der Waals surface area contributed by atoms with Crippen LogP contribution < -0.4 is 10.1 Å². The Morgan fingerprint density at radius 2 is 1.70 bits per heavy atom. The number of carbonyl (C=O) groups is 1. The molecule has 0 bridgehead atoms. The zero-order valence-electron chi connectivity index (χ0n) is 17.3. The first-order valence-corrected chi connectivity index (χ1v) is 10.0. The number of hydrogen-bond donors (Lipinski definition) is 1. The smallest absolute Gasteiger partial charge is 0.255 e. The van der Waals surface area contributed by atoms with E-state index in [1.807, 2.05) is 68.4 Å². The second-order valence-electron chi connectivity index (χ2n) is 7.30. The van der Waals surface area contributed by atoms with Gasteiger partial charge in [0.2, 0.25) is 0 Å². The first-order chi connectivity index (χ1) is 14.5. The van der Waals surface area contributed by atoms with Crippen molar-refractivity contribution in [2.75, 3.05) is 5.32 Å². The third kappa shape index (κ3) is 4.17. The first-order valence-electron chi connectivity index (χ1n) is 10.0. The van der Waals surface area contributed by atoms with Crippen LogP contribution in [0.3, 0.4) is 0 Å². The molecule has 152 valence electrons. The maximum atomic E-state index is 12.7. The number of para-hydroxylation sites is 1. The fraction of sp³-hybridized carbons (Fsp3) is 0.208. The lowest BCUT2D eigenvalue weighted by atomic mass is 10.1. The van der Waals surface area contributed by atoms with Crippen LogP contribution in [0.1, 0.15) is 36.2 Å². The van der Waals surface area contributed by atoms with Gasteiger partial charge in [0.15, 0.2) is 0 Å². The van der Waals surface area contributed by atoms with Gasteiger partial charge in [-0.15, -0.1) is 10.2 Å². The Balaban J connectivity index is 1.54. The van der Waals surface area contributed by atoms with Crippen molar-refractivity contribution in [1.29, 1.82) is 0 Å². The van der Waals surface area contributed by atoms with Gasteiger partial charge in [-0.2, -0.15) is 4.80 Å². The van der Waals surface area contributed by atoms with Gasteiger partial charge in [-0.3, -0.25) is 4.79 Å². The number of aryl methyl sites for hydroxylation is 1. The van der Waals surface area contributed by atoms with Crippen LogP contribution >= 0.6 is 0 Å². The molecule has 1 atom stereocenters. The zero-order chi connectivity index (χ0) is 21.1. The second kappa shape index (κ2) is 8.37. The van der Waals surface area contributed by atoms with Crippen LogP contribution in [0.5, 0.6) is 5.75 Å². The molecule has 0 fully saturated rings. The predicted octanol–water partition coefficient (Wildman–Crippen LogP) is 5.16. The largest absolute Gasteiger partial charge is 0.491 e. The average molecular weight is 400 g/mol. The van der Waals surface area contributed by atoms with E-state index in [1.54, 1.807) is 16.9 Å². The maximum Gasteiger partial charge on any atom is 0.255 e. The van der Waals surface area contributed by atoms with Gasteiger partial charge in [-0.05, 0) is 74.4 Å². The number of amides is 1. The fourth-order valence-corrected chi connectivity index (χ4v) is 3.07. The third-order valence-electron chi connectivity index (χ3n) is 4.99. The summed E-state index contributed by atoms with van der Waals surface area (Å²) in [4.78, 5) is 14.3. The minimum Gasteiger partial charge on any atom is -0.491 e. The molecule has 1 amide bonds. The highest BCUT2D eigenvalue weighted by molar-refractivity contribution is 6.05. The van der Waals surface area contributed by atoms with Crippen molar-refractivity contribution in [3.8, 4) is 11.4 Å². The van der Waals surface area contributed by atoms with Crippen molar-refractivity contribution in [3.63, 3.8) is 0 Å². The van der Waals surface area contributed by atoms with Gasteiger partial charge in [-0.1, -0.05) is 25.1 Å². The lowest BCUT2D eigenvalue weighted by Crippen LogP contribution is -2.13. The van der Waals surface area contributed by atoms with Crippen molar-refractivity contribution in [3.05, 3.63) is 77.9 Å². The average Bonchev–Trinajstić information content (AvgIpc) is 3.17. The van der Waals surface area contributed by atoms with E-state index in [0.29, 0.717) is 11.3 Å². The first kappa shape index (κ1) is 19.6. The van der Waals surface area contributed by atoms with E-state index in [9.17, 15) is 4.79 Å². The van der Waals surface area contributed by atoms with Gasteiger partial charge in [-0.25, -0.2) is 0 Å². The summed E-state index contributed by atoms with van der Waals surface area (Å²) >= 11 is 0. The highest BCUT2D eigenvalue weighted by Crippen LogP contribution is 2.23. The van der Waals surface area contributed by atoms with Crippen molar-refractivity contribution < 1.29 is 9.53 Å². The number of rotatable bonds is 6. The summed E-state index contributed by atoms with van der Waals surface area (Å²) in [5.41, 5.74) is 4.59. The number of nitrogens with one attached hydrogen (secondary N) is 1. The molecule has 1 aromatic heterocycles. The minimum absolute atomic E-state index is 0.142. The number of benzene rings is 3. The number of ether oxygens (including phenoxy) is 1. The zero-order valence-corrected chi connectivity index (χ0v) is 17.3. The summed E-state index contributed by atoms with van der Waals surface area (Å²) in [6.07, 6.45) is 1.07. The molecule has 30 heavy (non-hydrogen) atoms. The topological polar surface area (TPSA) is 69.0 Å². The van der Waals surface area contributed by atoms with E-state index in [4.69, 9.17) is 4.74 Å². The maximum absolute atomic E-state index is 12.7. The van der Waals surface area contributed by atoms with E-state index in [0.717, 1.165) is 34.5 Å². The molecule has 4 rings (SSSR count). The van der Waals surface area contributed by atoms with Crippen molar-refractivity contribution >= 4 is 22.6 Å². The monoisotopic (exact) mass is 400 g/mol. The van der Waals surface area contributed by atoms with Crippen LogP contribution in [-0.4, -0.2) is 27.0 Å². The highest BCUT2D eigenvalue weighted by atomic mass is 16.5. The molecular weight excluding hydrogens is 376 g/mol. The number of aromatic nitrogens is 3. The Morgan fingerprint density at radius 3 is 2.37 bits per heavy atom. The molecule has 0 spiro atoms. The Morgan fingerprint density at radius 1 is 1.03 bits per heavy atom. The van der Waals surface area contributed by atoms with E-state index in [2.05, 4.69) is 22.4 Å². The van der Waals surface area contributed by atoms with Crippen LogP contribution in [0.25, 0.3) is 16.7 Å². The SMILES string of the molecule is CC[C@H](C)Oc1ccc(C(=O)Nc2cc3nn(-c4ccccc4)nc3cc2C)cc1. The van der Waals surface area contributed by atoms with Gasteiger partial charge >= 0.3 is 0 Å². The van der Waals surface area contributed by atoms with E-state index >= 15 is 0 Å². The molecule has 1 N–H and O–H groups in total. The van der Waals surface area contributed by atoms with Crippen LogP contribution in [0, 0.1) is 6.92 Å². The quantitative estimate of drug-likeness (QED) is 0.485. The number of fused-ring (bicyclic) bond motifs is 1. The molecule has 6 heteroatoms. The van der Waals surface area contributed by atoms with Crippen molar-refractivity contribution in [2.24, 2.45) is 0 Å². The van der Waals surface area contributed by atoms with Crippen LogP contribution in [-0.2, 0) is 0 Å². The summed E-state index contributed by atoms with van der Waals surface area (Å²) in [5, 5.41) is 12.1. The summed E-state index contributed by atoms with van der Waals surface area (Å²) in [6, 6.07) is 20.7. The number of anilines is 1.